The lowest BCUT2D eigenvalue weighted by Crippen LogP contribution is -2.15. The molecule has 0 bridgehead atoms. The molecule has 2 unspecified atom stereocenters. The zero-order chi connectivity index (χ0) is 5.44. The Labute approximate surface area is 44.5 Å². The smallest absolute Gasteiger partial charge is 0.0722 e. The maximum atomic E-state index is 8.62. The van der Waals surface area contributed by atoms with Crippen molar-refractivity contribution in [2.24, 2.45) is 0 Å². The number of nitrogens with zero attached hydrogens (tertiary/aromatic N) is 1. The lowest BCUT2D eigenvalue weighted by molar-refractivity contribution is -0.0731. The van der Waals surface area contributed by atoms with Crippen LogP contribution in [0.3, 0.4) is 0 Å². The molecule has 0 amide bonds. The Balaban J connectivity index is 2.20. The average Bonchev–Trinajstić information content (AvgIpc) is 2.17. The maximum Gasteiger partial charge on any atom is 0.0722 e. The molecule has 3 heteroatoms. The first kappa shape index (κ1) is 5.13. The van der Waals surface area contributed by atoms with E-state index in [4.69, 9.17) is 13.1 Å². The minimum atomic E-state index is 0.218. The van der Waals surface area contributed by atoms with Crippen LogP contribution < -0.4 is 0 Å². The molecule has 1 aliphatic carbocycles. The molecular formula is C4H8BNO. The third-order valence-electron chi connectivity index (χ3n) is 1.28. The summed E-state index contributed by atoms with van der Waals surface area (Å²) in [6, 6.07) is 0.236. The van der Waals surface area contributed by atoms with Crippen LogP contribution in [0, 0.1) is 0 Å². The van der Waals surface area contributed by atoms with E-state index in [1.807, 2.05) is 0 Å². The lowest BCUT2D eigenvalue weighted by atomic mass is 10.0. The van der Waals surface area contributed by atoms with Gasteiger partial charge < -0.3 is 5.21 Å². The van der Waals surface area contributed by atoms with Crippen LogP contribution in [0.5, 0.6) is 0 Å². The molecule has 0 aromatic carbocycles. The molecular weight excluding hydrogens is 88.9 g/mol. The monoisotopic (exact) mass is 97.1 g/mol. The summed E-state index contributed by atoms with van der Waals surface area (Å²) in [5.74, 6) is 0.218. The van der Waals surface area contributed by atoms with E-state index in [1.54, 1.807) is 7.05 Å². The zero-order valence-corrected chi connectivity index (χ0v) is 4.33. The van der Waals surface area contributed by atoms with E-state index in [1.165, 1.54) is 5.06 Å². The Kier molecular flexibility index (Phi) is 1.09. The van der Waals surface area contributed by atoms with E-state index in [2.05, 4.69) is 0 Å². The van der Waals surface area contributed by atoms with Crippen LogP contribution in [-0.4, -0.2) is 31.2 Å². The Hall–Kier alpha value is -0.0151. The van der Waals surface area contributed by atoms with Crippen molar-refractivity contribution in [3.05, 3.63) is 0 Å². The highest BCUT2D eigenvalue weighted by Crippen LogP contribution is 2.36. The summed E-state index contributed by atoms with van der Waals surface area (Å²) in [6.45, 7) is 0. The summed E-state index contributed by atoms with van der Waals surface area (Å²) in [5.41, 5.74) is 0. The zero-order valence-electron chi connectivity index (χ0n) is 4.33. The molecule has 0 spiro atoms. The summed E-state index contributed by atoms with van der Waals surface area (Å²) in [5, 5.41) is 9.79. The summed E-state index contributed by atoms with van der Waals surface area (Å²) in [6.07, 6.45) is 0.938. The number of hydrogen-bond acceptors (Lipinski definition) is 2. The Bertz CT molecular complexity index is 76.1. The van der Waals surface area contributed by atoms with E-state index in [0.717, 1.165) is 6.42 Å². The summed E-state index contributed by atoms with van der Waals surface area (Å²) >= 11 is 0. The van der Waals surface area contributed by atoms with Gasteiger partial charge in [0.05, 0.1) is 7.85 Å². The standard InChI is InChI=1S/C4H8BNO/c1-6(7)4-2-3(4)5/h3-4,7H,2H2,1H3. The van der Waals surface area contributed by atoms with Crippen LogP contribution in [0.1, 0.15) is 6.42 Å². The van der Waals surface area contributed by atoms with Gasteiger partial charge in [-0.1, -0.05) is 5.82 Å². The molecule has 2 atom stereocenters. The largest absolute Gasteiger partial charge is 0.314 e. The number of rotatable bonds is 1. The van der Waals surface area contributed by atoms with Gasteiger partial charge in [0, 0.05) is 13.1 Å². The first-order valence-corrected chi connectivity index (χ1v) is 2.39. The van der Waals surface area contributed by atoms with Crippen molar-refractivity contribution >= 4 is 7.85 Å². The van der Waals surface area contributed by atoms with Crippen molar-refractivity contribution in [2.75, 3.05) is 7.05 Å². The quantitative estimate of drug-likeness (QED) is 0.368. The lowest BCUT2D eigenvalue weighted by Gasteiger charge is -2.03. The van der Waals surface area contributed by atoms with Crippen molar-refractivity contribution in [3.8, 4) is 0 Å². The van der Waals surface area contributed by atoms with Gasteiger partial charge in [0.25, 0.3) is 0 Å². The fraction of sp³-hybridized carbons (Fsp3) is 1.00. The third kappa shape index (κ3) is 0.953. The first-order chi connectivity index (χ1) is 3.22. The fourth-order valence-electron chi connectivity index (χ4n) is 0.630. The van der Waals surface area contributed by atoms with Gasteiger partial charge in [0.15, 0.2) is 0 Å². The maximum absolute atomic E-state index is 8.62. The molecule has 2 radical (unpaired) electrons. The molecule has 0 aliphatic heterocycles. The summed E-state index contributed by atoms with van der Waals surface area (Å²) in [4.78, 5) is 0. The van der Waals surface area contributed by atoms with E-state index in [9.17, 15) is 0 Å². The van der Waals surface area contributed by atoms with E-state index in [-0.39, 0.29) is 11.9 Å². The third-order valence-corrected chi connectivity index (χ3v) is 1.28. The second-order valence-corrected chi connectivity index (χ2v) is 2.04. The molecule has 1 fully saturated rings. The highest BCUT2D eigenvalue weighted by Gasteiger charge is 2.34. The van der Waals surface area contributed by atoms with Crippen molar-refractivity contribution in [3.63, 3.8) is 0 Å². The van der Waals surface area contributed by atoms with Gasteiger partial charge >= 0.3 is 0 Å². The normalized spacial score (nSPS) is 39.3. The molecule has 1 N–H and O–H groups in total. The molecule has 1 rings (SSSR count). The van der Waals surface area contributed by atoms with Gasteiger partial charge in [-0.05, 0) is 6.42 Å². The molecule has 1 aliphatic rings. The van der Waals surface area contributed by atoms with Crippen molar-refractivity contribution in [1.82, 2.24) is 5.06 Å². The van der Waals surface area contributed by atoms with Gasteiger partial charge in [-0.2, -0.15) is 5.06 Å². The second-order valence-electron chi connectivity index (χ2n) is 2.04. The van der Waals surface area contributed by atoms with E-state index in [0.29, 0.717) is 0 Å². The van der Waals surface area contributed by atoms with Gasteiger partial charge in [0.2, 0.25) is 0 Å². The van der Waals surface area contributed by atoms with Gasteiger partial charge in [-0.3, -0.25) is 0 Å². The van der Waals surface area contributed by atoms with Gasteiger partial charge in [-0.25, -0.2) is 0 Å². The number of hydrogen-bond donors (Lipinski definition) is 1. The van der Waals surface area contributed by atoms with Crippen LogP contribution >= 0.6 is 0 Å². The Morgan fingerprint density at radius 2 is 2.29 bits per heavy atom. The van der Waals surface area contributed by atoms with Gasteiger partial charge in [0.1, 0.15) is 0 Å². The minimum absolute atomic E-state index is 0.218. The van der Waals surface area contributed by atoms with Crippen molar-refractivity contribution in [1.29, 1.82) is 0 Å². The van der Waals surface area contributed by atoms with E-state index < -0.39 is 0 Å². The molecule has 38 valence electrons. The van der Waals surface area contributed by atoms with Crippen LogP contribution in [-0.2, 0) is 0 Å². The van der Waals surface area contributed by atoms with Crippen molar-refractivity contribution < 1.29 is 5.21 Å². The molecule has 2 nitrogen and oxygen atoms in total. The van der Waals surface area contributed by atoms with Crippen LogP contribution in [0.15, 0.2) is 0 Å². The predicted molar refractivity (Wildman–Crippen MR) is 27.5 cm³/mol. The Morgan fingerprint density at radius 1 is 1.86 bits per heavy atom. The van der Waals surface area contributed by atoms with Crippen LogP contribution in [0.4, 0.5) is 0 Å². The topological polar surface area (TPSA) is 23.5 Å². The molecule has 0 heterocycles. The summed E-state index contributed by atoms with van der Waals surface area (Å²) in [7, 11) is 6.99. The fourth-order valence-corrected chi connectivity index (χ4v) is 0.630. The number of hydroxylamine groups is 2. The highest BCUT2D eigenvalue weighted by atomic mass is 16.5. The summed E-state index contributed by atoms with van der Waals surface area (Å²) < 4.78 is 0. The minimum Gasteiger partial charge on any atom is -0.314 e. The molecule has 0 aromatic heterocycles. The van der Waals surface area contributed by atoms with Crippen LogP contribution in [0.25, 0.3) is 0 Å². The van der Waals surface area contributed by atoms with E-state index >= 15 is 0 Å². The highest BCUT2D eigenvalue weighted by molar-refractivity contribution is 6.14. The molecule has 1 saturated carbocycles. The molecule has 7 heavy (non-hydrogen) atoms. The van der Waals surface area contributed by atoms with Gasteiger partial charge in [-0.15, -0.1) is 0 Å². The average molecular weight is 96.9 g/mol. The second kappa shape index (κ2) is 1.49. The Morgan fingerprint density at radius 3 is 2.29 bits per heavy atom. The molecule has 0 saturated heterocycles. The first-order valence-electron chi connectivity index (χ1n) is 2.39. The SMILES string of the molecule is [B]C1CC1N(C)O. The predicted octanol–water partition coefficient (Wildman–Crippen LogP) is 0.0367. The van der Waals surface area contributed by atoms with Crippen LogP contribution in [0.2, 0.25) is 5.82 Å². The van der Waals surface area contributed by atoms with Crippen molar-refractivity contribution in [2.45, 2.75) is 18.3 Å². The molecule has 0 aromatic rings.